The molecule has 1 aromatic carbocycles. The van der Waals surface area contributed by atoms with E-state index in [0.717, 1.165) is 22.8 Å². The first-order chi connectivity index (χ1) is 9.25. The summed E-state index contributed by atoms with van der Waals surface area (Å²) in [6.07, 6.45) is 2.29. The van der Waals surface area contributed by atoms with Gasteiger partial charge in [0.25, 0.3) is 0 Å². The lowest BCUT2D eigenvalue weighted by molar-refractivity contribution is -0.130. The maximum atomic E-state index is 12.2. The first-order valence-corrected chi connectivity index (χ1v) is 8.17. The summed E-state index contributed by atoms with van der Waals surface area (Å²) in [5.41, 5.74) is 1.08. The Kier molecular flexibility index (Phi) is 4.01. The van der Waals surface area contributed by atoms with E-state index in [9.17, 15) is 4.79 Å². The maximum absolute atomic E-state index is 12.2. The van der Waals surface area contributed by atoms with Gasteiger partial charge in [-0.2, -0.15) is 11.8 Å². The van der Waals surface area contributed by atoms with Gasteiger partial charge in [-0.05, 0) is 36.3 Å². The van der Waals surface area contributed by atoms with Gasteiger partial charge in [-0.15, -0.1) is 0 Å². The van der Waals surface area contributed by atoms with Gasteiger partial charge >= 0.3 is 0 Å². The molecule has 2 atom stereocenters. The molecule has 2 aliphatic rings. The van der Waals surface area contributed by atoms with Crippen LogP contribution in [-0.2, 0) is 4.79 Å². The molecule has 2 heterocycles. The predicted octanol–water partition coefficient (Wildman–Crippen LogP) is 2.67. The number of benzene rings is 1. The minimum absolute atomic E-state index is 0.0186. The smallest absolute Gasteiger partial charge is 0.238 e. The Morgan fingerprint density at radius 3 is 3.05 bits per heavy atom. The summed E-state index contributed by atoms with van der Waals surface area (Å²) in [7, 11) is 0. The van der Waals surface area contributed by atoms with Gasteiger partial charge in [0.2, 0.25) is 5.91 Å². The first kappa shape index (κ1) is 13.3. The Labute approximate surface area is 122 Å². The van der Waals surface area contributed by atoms with Crippen LogP contribution in [0.4, 0.5) is 0 Å². The molecule has 0 aliphatic carbocycles. The second-order valence-electron chi connectivity index (χ2n) is 5.01. The molecular weight excluding hydrogens is 280 g/mol. The summed E-state index contributed by atoms with van der Waals surface area (Å²) >= 11 is 8.00. The third-order valence-corrected chi connectivity index (χ3v) is 5.14. The lowest BCUT2D eigenvalue weighted by atomic mass is 10.1. The third kappa shape index (κ3) is 2.76. The van der Waals surface area contributed by atoms with Crippen LogP contribution in [0.5, 0.6) is 0 Å². The van der Waals surface area contributed by atoms with Crippen molar-refractivity contribution in [3.63, 3.8) is 0 Å². The standard InChI is InChI=1S/C14H17ClN2OS/c15-11-4-1-3-10(7-11)14-16-8-13(18)17(14)12-5-2-6-19-9-12/h1,3-4,7,12,14,16H,2,5-6,8-9H2. The molecule has 0 bridgehead atoms. The first-order valence-electron chi connectivity index (χ1n) is 6.63. The molecule has 102 valence electrons. The van der Waals surface area contributed by atoms with E-state index >= 15 is 0 Å². The SMILES string of the molecule is O=C1CNC(c2cccc(Cl)c2)N1C1CCCSC1. The van der Waals surface area contributed by atoms with Gasteiger partial charge in [0, 0.05) is 16.8 Å². The van der Waals surface area contributed by atoms with Crippen LogP contribution in [0.15, 0.2) is 24.3 Å². The summed E-state index contributed by atoms with van der Waals surface area (Å²) in [6, 6.07) is 8.13. The highest BCUT2D eigenvalue weighted by molar-refractivity contribution is 7.99. The van der Waals surface area contributed by atoms with Gasteiger partial charge in [-0.3, -0.25) is 10.1 Å². The van der Waals surface area contributed by atoms with Crippen molar-refractivity contribution in [3.8, 4) is 0 Å². The molecule has 0 aromatic heterocycles. The molecule has 0 saturated carbocycles. The second kappa shape index (κ2) is 5.73. The number of amides is 1. The Morgan fingerprint density at radius 2 is 2.32 bits per heavy atom. The number of nitrogens with one attached hydrogen (secondary N) is 1. The monoisotopic (exact) mass is 296 g/mol. The van der Waals surface area contributed by atoms with Gasteiger partial charge in [0.15, 0.2) is 0 Å². The zero-order valence-corrected chi connectivity index (χ0v) is 12.2. The van der Waals surface area contributed by atoms with Crippen molar-refractivity contribution in [2.45, 2.75) is 25.0 Å². The van der Waals surface area contributed by atoms with Gasteiger partial charge in [0.1, 0.15) is 6.17 Å². The fraction of sp³-hybridized carbons (Fsp3) is 0.500. The van der Waals surface area contributed by atoms with Crippen LogP contribution in [0.1, 0.15) is 24.6 Å². The molecule has 2 fully saturated rings. The molecule has 1 amide bonds. The highest BCUT2D eigenvalue weighted by Gasteiger charge is 2.37. The molecule has 3 nitrogen and oxygen atoms in total. The molecule has 0 radical (unpaired) electrons. The molecule has 0 spiro atoms. The summed E-state index contributed by atoms with van der Waals surface area (Å²) in [5, 5.41) is 4.02. The second-order valence-corrected chi connectivity index (χ2v) is 6.60. The molecule has 2 saturated heterocycles. The number of halogens is 1. The molecule has 3 rings (SSSR count). The van der Waals surface area contributed by atoms with E-state index in [1.165, 1.54) is 12.2 Å². The third-order valence-electron chi connectivity index (χ3n) is 3.71. The fourth-order valence-electron chi connectivity index (χ4n) is 2.83. The molecule has 2 aliphatic heterocycles. The van der Waals surface area contributed by atoms with Crippen molar-refractivity contribution in [1.82, 2.24) is 10.2 Å². The van der Waals surface area contributed by atoms with Crippen LogP contribution in [0, 0.1) is 0 Å². The summed E-state index contributed by atoms with van der Waals surface area (Å²) < 4.78 is 0. The van der Waals surface area contributed by atoms with Crippen LogP contribution in [0.25, 0.3) is 0 Å². The Morgan fingerprint density at radius 1 is 1.42 bits per heavy atom. The molecule has 5 heteroatoms. The predicted molar refractivity (Wildman–Crippen MR) is 79.4 cm³/mol. The average molecular weight is 297 g/mol. The summed E-state index contributed by atoms with van der Waals surface area (Å²) in [4.78, 5) is 14.2. The molecular formula is C14H17ClN2OS. The van der Waals surface area contributed by atoms with Crippen LogP contribution < -0.4 is 5.32 Å². The number of carbonyl (C=O) groups is 1. The van der Waals surface area contributed by atoms with Gasteiger partial charge in [-0.25, -0.2) is 0 Å². The quantitative estimate of drug-likeness (QED) is 0.911. The molecule has 19 heavy (non-hydrogen) atoms. The van der Waals surface area contributed by atoms with E-state index in [1.807, 2.05) is 40.9 Å². The highest BCUT2D eigenvalue weighted by Crippen LogP contribution is 2.31. The summed E-state index contributed by atoms with van der Waals surface area (Å²) in [5.74, 6) is 2.47. The molecule has 1 N–H and O–H groups in total. The van der Waals surface area contributed by atoms with E-state index in [2.05, 4.69) is 5.32 Å². The number of carbonyl (C=O) groups excluding carboxylic acids is 1. The van der Waals surface area contributed by atoms with Crippen LogP contribution in [0.2, 0.25) is 5.02 Å². The normalized spacial score (nSPS) is 27.8. The van der Waals surface area contributed by atoms with Crippen molar-refractivity contribution >= 4 is 29.3 Å². The Bertz CT molecular complexity index is 476. The number of hydrogen-bond donors (Lipinski definition) is 1. The fourth-order valence-corrected chi connectivity index (χ4v) is 4.17. The van der Waals surface area contributed by atoms with Crippen molar-refractivity contribution < 1.29 is 4.79 Å². The van der Waals surface area contributed by atoms with Crippen LogP contribution in [0.3, 0.4) is 0 Å². The lowest BCUT2D eigenvalue weighted by Crippen LogP contribution is -2.42. The maximum Gasteiger partial charge on any atom is 0.238 e. The van der Waals surface area contributed by atoms with Crippen LogP contribution >= 0.6 is 23.4 Å². The number of nitrogens with zero attached hydrogens (tertiary/aromatic N) is 1. The van der Waals surface area contributed by atoms with Crippen molar-refractivity contribution in [2.24, 2.45) is 0 Å². The van der Waals surface area contributed by atoms with Crippen molar-refractivity contribution in [2.75, 3.05) is 18.1 Å². The van der Waals surface area contributed by atoms with E-state index < -0.39 is 0 Å². The average Bonchev–Trinajstić information content (AvgIpc) is 2.82. The van der Waals surface area contributed by atoms with Gasteiger partial charge in [0.05, 0.1) is 6.54 Å². The largest absolute Gasteiger partial charge is 0.318 e. The zero-order valence-electron chi connectivity index (χ0n) is 10.6. The van der Waals surface area contributed by atoms with E-state index in [1.54, 1.807) is 0 Å². The molecule has 2 unspecified atom stereocenters. The highest BCUT2D eigenvalue weighted by atomic mass is 35.5. The number of hydrogen-bond acceptors (Lipinski definition) is 3. The van der Waals surface area contributed by atoms with Crippen molar-refractivity contribution in [1.29, 1.82) is 0 Å². The zero-order chi connectivity index (χ0) is 13.2. The Hall–Kier alpha value is -0.710. The number of rotatable bonds is 2. The van der Waals surface area contributed by atoms with Crippen molar-refractivity contribution in [3.05, 3.63) is 34.9 Å². The van der Waals surface area contributed by atoms with E-state index in [0.29, 0.717) is 12.6 Å². The van der Waals surface area contributed by atoms with Gasteiger partial charge < -0.3 is 4.90 Å². The van der Waals surface area contributed by atoms with E-state index in [4.69, 9.17) is 11.6 Å². The lowest BCUT2D eigenvalue weighted by Gasteiger charge is -2.35. The topological polar surface area (TPSA) is 32.3 Å². The minimum atomic E-state index is -0.0186. The van der Waals surface area contributed by atoms with Crippen LogP contribution in [-0.4, -0.2) is 34.9 Å². The Balaban J connectivity index is 1.85. The molecule has 1 aromatic rings. The minimum Gasteiger partial charge on any atom is -0.318 e. The number of thioether (sulfide) groups is 1. The van der Waals surface area contributed by atoms with E-state index in [-0.39, 0.29) is 12.1 Å². The summed E-state index contributed by atoms with van der Waals surface area (Å²) in [6.45, 7) is 0.429. The van der Waals surface area contributed by atoms with Gasteiger partial charge in [-0.1, -0.05) is 23.7 Å².